The first-order valence-corrected chi connectivity index (χ1v) is 9.95. The van der Waals surface area contributed by atoms with Crippen LogP contribution in [-0.4, -0.2) is 12.4 Å². The zero-order valence-corrected chi connectivity index (χ0v) is 19.1. The lowest BCUT2D eigenvalue weighted by Crippen LogP contribution is -2.54. The van der Waals surface area contributed by atoms with Crippen LogP contribution in [0.1, 0.15) is 11.1 Å². The Morgan fingerprint density at radius 1 is 0.556 bits per heavy atom. The number of nitrogens with two attached hydrogens (primary N) is 2. The van der Waals surface area contributed by atoms with Crippen LogP contribution in [0.2, 0.25) is 0 Å². The second kappa shape index (κ2) is 7.42. The van der Waals surface area contributed by atoms with Gasteiger partial charge < -0.3 is 11.5 Å². The molecule has 0 saturated carbocycles. The van der Waals surface area contributed by atoms with Crippen molar-refractivity contribution in [1.82, 2.24) is 0 Å². The molecule has 4 N–H and O–H groups in total. The number of hydrogen-bond acceptors (Lipinski definition) is 2. The largest absolute Gasteiger partial charge is 0.411 e. The first-order chi connectivity index (χ1) is 12.1. The average molecular weight is 650 g/mol. The summed E-state index contributed by atoms with van der Waals surface area (Å²) in [6.07, 6.45) is -11.5. The molecule has 0 saturated heterocycles. The number of nitrogen functional groups attached to an aromatic ring is 2. The second-order valence-corrected chi connectivity index (χ2v) is 8.87. The zero-order chi connectivity index (χ0) is 20.9. The highest BCUT2D eigenvalue weighted by atomic mass is 79.9. The highest BCUT2D eigenvalue weighted by Gasteiger charge is 2.72. The average Bonchev–Trinajstić information content (AvgIpc) is 2.47. The molecule has 0 radical (unpaired) electrons. The third-order valence-electron chi connectivity index (χ3n) is 3.87. The molecular formula is C15H8Br4F6N2. The van der Waals surface area contributed by atoms with Crippen LogP contribution in [0.25, 0.3) is 0 Å². The van der Waals surface area contributed by atoms with Gasteiger partial charge in [-0.15, -0.1) is 0 Å². The standard InChI is InChI=1S/C15H8Br4F6N2/c16-7-1-5(2-8(17)11(7)26)13(14(20,21)22,15(23,24)25)6-3-9(18)12(27)10(19)4-6/h1-4H,26-27H2. The Hall–Kier alpha value is -0.460. The predicted molar refractivity (Wildman–Crippen MR) is 105 cm³/mol. The third kappa shape index (κ3) is 3.74. The van der Waals surface area contributed by atoms with Crippen molar-refractivity contribution in [2.45, 2.75) is 17.8 Å². The van der Waals surface area contributed by atoms with E-state index >= 15 is 0 Å². The molecule has 148 valence electrons. The molecule has 0 aliphatic rings. The summed E-state index contributed by atoms with van der Waals surface area (Å²) in [4.78, 5) is 0. The van der Waals surface area contributed by atoms with Crippen LogP contribution < -0.4 is 11.5 Å². The fourth-order valence-corrected chi connectivity index (χ4v) is 4.96. The normalized spacial score (nSPS) is 13.1. The van der Waals surface area contributed by atoms with Crippen LogP contribution in [0.3, 0.4) is 0 Å². The Labute approximate surface area is 183 Å². The van der Waals surface area contributed by atoms with Gasteiger partial charge in [-0.3, -0.25) is 0 Å². The van der Waals surface area contributed by atoms with Crippen LogP contribution >= 0.6 is 63.7 Å². The van der Waals surface area contributed by atoms with Crippen LogP contribution in [0, 0.1) is 0 Å². The van der Waals surface area contributed by atoms with E-state index in [0.717, 1.165) is 0 Å². The lowest BCUT2D eigenvalue weighted by Gasteiger charge is -2.39. The van der Waals surface area contributed by atoms with Gasteiger partial charge in [0.2, 0.25) is 5.41 Å². The molecule has 0 amide bonds. The fourth-order valence-electron chi connectivity index (χ4n) is 2.58. The molecule has 12 heteroatoms. The molecule has 0 aromatic heterocycles. The lowest BCUT2D eigenvalue weighted by molar-refractivity contribution is -0.288. The number of rotatable bonds is 2. The Morgan fingerprint density at radius 3 is 0.963 bits per heavy atom. The maximum absolute atomic E-state index is 14.1. The van der Waals surface area contributed by atoms with E-state index in [-0.39, 0.29) is 29.3 Å². The van der Waals surface area contributed by atoms with Crippen LogP contribution in [0.15, 0.2) is 42.2 Å². The minimum Gasteiger partial charge on any atom is -0.397 e. The van der Waals surface area contributed by atoms with Crippen molar-refractivity contribution in [1.29, 1.82) is 0 Å². The molecule has 27 heavy (non-hydrogen) atoms. The molecule has 0 aliphatic carbocycles. The van der Waals surface area contributed by atoms with Crippen molar-refractivity contribution in [3.8, 4) is 0 Å². The summed E-state index contributed by atoms with van der Waals surface area (Å²) < 4.78 is 84.3. The lowest BCUT2D eigenvalue weighted by atomic mass is 9.73. The van der Waals surface area contributed by atoms with E-state index in [0.29, 0.717) is 24.3 Å². The summed E-state index contributed by atoms with van der Waals surface area (Å²) in [6, 6.07) is 2.83. The molecule has 2 nitrogen and oxygen atoms in total. The van der Waals surface area contributed by atoms with Crippen molar-refractivity contribution in [3.05, 3.63) is 53.3 Å². The summed E-state index contributed by atoms with van der Waals surface area (Å²) >= 11 is 11.6. The van der Waals surface area contributed by atoms with Crippen LogP contribution in [-0.2, 0) is 5.41 Å². The summed E-state index contributed by atoms with van der Waals surface area (Å²) in [5, 5.41) is 0. The van der Waals surface area contributed by atoms with Gasteiger partial charge in [0.15, 0.2) is 0 Å². The van der Waals surface area contributed by atoms with Gasteiger partial charge in [0, 0.05) is 17.9 Å². The summed E-state index contributed by atoms with van der Waals surface area (Å²) in [5.41, 5.74) is 4.77. The van der Waals surface area contributed by atoms with E-state index in [9.17, 15) is 26.3 Å². The van der Waals surface area contributed by atoms with Crippen LogP contribution in [0.5, 0.6) is 0 Å². The van der Waals surface area contributed by atoms with E-state index in [1.807, 2.05) is 0 Å². The molecule has 0 fully saturated rings. The molecule has 2 aromatic rings. The van der Waals surface area contributed by atoms with Gasteiger partial charge in [-0.05, 0) is 99.1 Å². The number of alkyl halides is 6. The summed E-state index contributed by atoms with van der Waals surface area (Å²) in [6.45, 7) is 0. The predicted octanol–water partition coefficient (Wildman–Crippen LogP) is 7.31. The molecule has 0 heterocycles. The highest BCUT2D eigenvalue weighted by molar-refractivity contribution is 9.11. The van der Waals surface area contributed by atoms with E-state index in [4.69, 9.17) is 11.5 Å². The van der Waals surface area contributed by atoms with Gasteiger partial charge in [-0.25, -0.2) is 0 Å². The molecule has 2 rings (SSSR count). The molecule has 0 spiro atoms. The Balaban J connectivity index is 3.06. The third-order valence-corrected chi connectivity index (χ3v) is 6.50. The van der Waals surface area contributed by atoms with Gasteiger partial charge in [-0.1, -0.05) is 0 Å². The molecule has 0 unspecified atom stereocenters. The van der Waals surface area contributed by atoms with E-state index in [1.54, 1.807) is 0 Å². The maximum Gasteiger partial charge on any atom is 0.411 e. The SMILES string of the molecule is Nc1c(Br)cc(C(c2cc(Br)c(N)c(Br)c2)(C(F)(F)F)C(F)(F)F)cc1Br. The van der Waals surface area contributed by atoms with Gasteiger partial charge in [0.25, 0.3) is 0 Å². The second-order valence-electron chi connectivity index (χ2n) is 5.45. The number of halogens is 10. The van der Waals surface area contributed by atoms with Crippen molar-refractivity contribution in [2.75, 3.05) is 11.5 Å². The Bertz CT molecular complexity index is 775. The van der Waals surface area contributed by atoms with Crippen molar-refractivity contribution >= 4 is 75.1 Å². The van der Waals surface area contributed by atoms with Gasteiger partial charge in [0.1, 0.15) is 0 Å². The van der Waals surface area contributed by atoms with E-state index in [2.05, 4.69) is 63.7 Å². The number of anilines is 2. The number of hydrogen-bond donors (Lipinski definition) is 2. The Kier molecular flexibility index (Phi) is 6.27. The minimum absolute atomic E-state index is 0.0309. The quantitative estimate of drug-likeness (QED) is 0.265. The van der Waals surface area contributed by atoms with Crippen molar-refractivity contribution in [2.24, 2.45) is 0 Å². The smallest absolute Gasteiger partial charge is 0.397 e. The molecule has 0 bridgehead atoms. The molecule has 0 atom stereocenters. The Morgan fingerprint density at radius 2 is 0.778 bits per heavy atom. The first-order valence-electron chi connectivity index (χ1n) is 6.78. The van der Waals surface area contributed by atoms with E-state index < -0.39 is 28.9 Å². The summed E-state index contributed by atoms with van der Waals surface area (Å²) in [5.74, 6) is 0. The zero-order valence-electron chi connectivity index (χ0n) is 12.7. The minimum atomic E-state index is -5.73. The topological polar surface area (TPSA) is 52.0 Å². The summed E-state index contributed by atoms with van der Waals surface area (Å²) in [7, 11) is 0. The molecule has 0 aliphatic heterocycles. The van der Waals surface area contributed by atoms with E-state index in [1.165, 1.54) is 0 Å². The maximum atomic E-state index is 14.1. The van der Waals surface area contributed by atoms with Gasteiger partial charge in [0.05, 0.1) is 11.4 Å². The fraction of sp³-hybridized carbons (Fsp3) is 0.200. The van der Waals surface area contributed by atoms with Gasteiger partial charge >= 0.3 is 12.4 Å². The van der Waals surface area contributed by atoms with Gasteiger partial charge in [-0.2, -0.15) is 26.3 Å². The van der Waals surface area contributed by atoms with Crippen LogP contribution in [0.4, 0.5) is 37.7 Å². The highest BCUT2D eigenvalue weighted by Crippen LogP contribution is 2.58. The first kappa shape index (κ1) is 22.8. The number of benzene rings is 2. The molecule has 2 aromatic carbocycles. The van der Waals surface area contributed by atoms with Crippen molar-refractivity contribution < 1.29 is 26.3 Å². The molecular weight excluding hydrogens is 642 g/mol. The monoisotopic (exact) mass is 646 g/mol. The van der Waals surface area contributed by atoms with Crippen molar-refractivity contribution in [3.63, 3.8) is 0 Å².